The highest BCUT2D eigenvalue weighted by molar-refractivity contribution is 5.78. The van der Waals surface area contributed by atoms with Gasteiger partial charge in [-0.3, -0.25) is 4.79 Å². The Balaban J connectivity index is 1.93. The lowest BCUT2D eigenvalue weighted by molar-refractivity contribution is -0.129. The van der Waals surface area contributed by atoms with Gasteiger partial charge < -0.3 is 15.1 Å². The number of rotatable bonds is 8. The standard InChI is InChI=1S/C22H30FN3O/c1-16(2)22(18-8-10-19(23)11-9-18)24-14-21(27)26(5)15-17-6-12-20(13-7-17)25(3)4/h6-13,16,22,24H,14-15H2,1-5H3/t22-/m0/s1. The van der Waals surface area contributed by atoms with Gasteiger partial charge in [-0.25, -0.2) is 4.39 Å². The fraction of sp³-hybridized carbons (Fsp3) is 0.409. The van der Waals surface area contributed by atoms with Crippen molar-refractivity contribution in [2.45, 2.75) is 26.4 Å². The first-order valence-electron chi connectivity index (χ1n) is 9.27. The smallest absolute Gasteiger partial charge is 0.236 e. The first kappa shape index (κ1) is 20.9. The van der Waals surface area contributed by atoms with Crippen molar-refractivity contribution in [2.75, 3.05) is 32.6 Å². The third kappa shape index (κ3) is 6.07. The number of benzene rings is 2. The maximum absolute atomic E-state index is 13.2. The van der Waals surface area contributed by atoms with E-state index in [2.05, 4.69) is 31.3 Å². The normalized spacial score (nSPS) is 12.1. The number of amides is 1. The van der Waals surface area contributed by atoms with Gasteiger partial charge in [0.2, 0.25) is 5.91 Å². The molecule has 1 amide bonds. The van der Waals surface area contributed by atoms with Crippen molar-refractivity contribution in [3.05, 3.63) is 65.5 Å². The molecule has 27 heavy (non-hydrogen) atoms. The number of anilines is 1. The number of likely N-dealkylation sites (N-methyl/N-ethyl adjacent to an activating group) is 1. The molecular weight excluding hydrogens is 341 g/mol. The number of carbonyl (C=O) groups excluding carboxylic acids is 1. The Morgan fingerprint density at radius 2 is 1.59 bits per heavy atom. The quantitative estimate of drug-likeness (QED) is 0.766. The molecule has 0 spiro atoms. The average molecular weight is 372 g/mol. The molecule has 0 aromatic heterocycles. The van der Waals surface area contributed by atoms with Gasteiger partial charge in [-0.15, -0.1) is 0 Å². The molecule has 0 saturated heterocycles. The predicted octanol–water partition coefficient (Wildman–Crippen LogP) is 3.84. The van der Waals surface area contributed by atoms with Gasteiger partial charge in [-0.05, 0) is 41.3 Å². The molecule has 146 valence electrons. The Morgan fingerprint density at radius 3 is 2.11 bits per heavy atom. The summed E-state index contributed by atoms with van der Waals surface area (Å²) in [7, 11) is 5.82. The molecular formula is C22H30FN3O. The van der Waals surface area contributed by atoms with Crippen molar-refractivity contribution in [2.24, 2.45) is 5.92 Å². The van der Waals surface area contributed by atoms with Crippen molar-refractivity contribution in [1.29, 1.82) is 0 Å². The van der Waals surface area contributed by atoms with E-state index in [1.165, 1.54) is 12.1 Å². The molecule has 0 aliphatic heterocycles. The highest BCUT2D eigenvalue weighted by Crippen LogP contribution is 2.21. The van der Waals surface area contributed by atoms with E-state index in [-0.39, 0.29) is 30.2 Å². The largest absolute Gasteiger partial charge is 0.378 e. The van der Waals surface area contributed by atoms with Crippen LogP contribution in [0.25, 0.3) is 0 Å². The minimum atomic E-state index is -0.252. The zero-order valence-corrected chi connectivity index (χ0v) is 16.9. The van der Waals surface area contributed by atoms with E-state index in [9.17, 15) is 9.18 Å². The Morgan fingerprint density at radius 1 is 1.00 bits per heavy atom. The fourth-order valence-corrected chi connectivity index (χ4v) is 3.00. The minimum absolute atomic E-state index is 0.00215. The Kier molecular flexibility index (Phi) is 7.36. The third-order valence-electron chi connectivity index (χ3n) is 4.67. The van der Waals surface area contributed by atoms with Crippen molar-refractivity contribution < 1.29 is 9.18 Å². The third-order valence-corrected chi connectivity index (χ3v) is 4.67. The summed E-state index contributed by atoms with van der Waals surface area (Å²) in [4.78, 5) is 16.3. The average Bonchev–Trinajstić information content (AvgIpc) is 2.63. The Hall–Kier alpha value is -2.40. The molecule has 0 fully saturated rings. The number of nitrogens with one attached hydrogen (secondary N) is 1. The molecule has 0 heterocycles. The van der Waals surface area contributed by atoms with Crippen LogP contribution in [0.3, 0.4) is 0 Å². The number of nitrogens with zero attached hydrogens (tertiary/aromatic N) is 2. The van der Waals surface area contributed by atoms with Gasteiger partial charge in [0.15, 0.2) is 0 Å². The van der Waals surface area contributed by atoms with E-state index in [0.29, 0.717) is 6.54 Å². The molecule has 0 aliphatic carbocycles. The maximum atomic E-state index is 13.2. The van der Waals surface area contributed by atoms with E-state index in [1.807, 2.05) is 38.2 Å². The van der Waals surface area contributed by atoms with Crippen LogP contribution in [-0.4, -0.2) is 38.5 Å². The maximum Gasteiger partial charge on any atom is 0.236 e. The van der Waals surface area contributed by atoms with Gasteiger partial charge in [0.1, 0.15) is 5.82 Å². The number of halogens is 1. The fourth-order valence-electron chi connectivity index (χ4n) is 3.00. The second-order valence-corrected chi connectivity index (χ2v) is 7.46. The van der Waals surface area contributed by atoms with Gasteiger partial charge in [-0.1, -0.05) is 38.1 Å². The zero-order valence-electron chi connectivity index (χ0n) is 16.9. The lowest BCUT2D eigenvalue weighted by Crippen LogP contribution is -2.38. The summed E-state index contributed by atoms with van der Waals surface area (Å²) >= 11 is 0. The molecule has 0 unspecified atom stereocenters. The summed E-state index contributed by atoms with van der Waals surface area (Å²) in [6.07, 6.45) is 0. The summed E-state index contributed by atoms with van der Waals surface area (Å²) in [6, 6.07) is 14.6. The first-order chi connectivity index (χ1) is 12.8. The van der Waals surface area contributed by atoms with Crippen molar-refractivity contribution in [3.8, 4) is 0 Å². The highest BCUT2D eigenvalue weighted by atomic mass is 19.1. The molecule has 4 nitrogen and oxygen atoms in total. The van der Waals surface area contributed by atoms with Crippen LogP contribution in [0.15, 0.2) is 48.5 Å². The van der Waals surface area contributed by atoms with E-state index >= 15 is 0 Å². The topological polar surface area (TPSA) is 35.6 Å². The summed E-state index contributed by atoms with van der Waals surface area (Å²) in [5, 5.41) is 3.33. The lowest BCUT2D eigenvalue weighted by Gasteiger charge is -2.25. The zero-order chi connectivity index (χ0) is 20.0. The van der Waals surface area contributed by atoms with Crippen LogP contribution in [0.2, 0.25) is 0 Å². The molecule has 0 aliphatic rings. The summed E-state index contributed by atoms with van der Waals surface area (Å²) in [5.74, 6) is 0.0592. The Labute approximate surface area is 162 Å². The predicted molar refractivity (Wildman–Crippen MR) is 109 cm³/mol. The lowest BCUT2D eigenvalue weighted by atomic mass is 9.96. The van der Waals surface area contributed by atoms with Crippen molar-refractivity contribution in [1.82, 2.24) is 10.2 Å². The van der Waals surface area contributed by atoms with Crippen LogP contribution >= 0.6 is 0 Å². The van der Waals surface area contributed by atoms with Crippen molar-refractivity contribution >= 4 is 11.6 Å². The van der Waals surface area contributed by atoms with Gasteiger partial charge in [0.05, 0.1) is 6.54 Å². The van der Waals surface area contributed by atoms with E-state index < -0.39 is 0 Å². The van der Waals surface area contributed by atoms with Crippen LogP contribution in [-0.2, 0) is 11.3 Å². The molecule has 1 N–H and O–H groups in total. The monoisotopic (exact) mass is 371 g/mol. The van der Waals surface area contributed by atoms with Gasteiger partial charge in [-0.2, -0.15) is 0 Å². The molecule has 0 bridgehead atoms. The summed E-state index contributed by atoms with van der Waals surface area (Å²) in [5.41, 5.74) is 3.21. The molecule has 1 atom stereocenters. The molecule has 2 aromatic rings. The van der Waals surface area contributed by atoms with Crippen LogP contribution < -0.4 is 10.2 Å². The number of hydrogen-bond donors (Lipinski definition) is 1. The Bertz CT molecular complexity index is 726. The van der Waals surface area contributed by atoms with Crippen LogP contribution in [0.1, 0.15) is 31.0 Å². The van der Waals surface area contributed by atoms with E-state index in [4.69, 9.17) is 0 Å². The second kappa shape index (κ2) is 9.51. The minimum Gasteiger partial charge on any atom is -0.378 e. The summed E-state index contributed by atoms with van der Waals surface area (Å²) < 4.78 is 13.2. The molecule has 0 radical (unpaired) electrons. The molecule has 0 saturated carbocycles. The second-order valence-electron chi connectivity index (χ2n) is 7.46. The van der Waals surface area contributed by atoms with E-state index in [0.717, 1.165) is 16.8 Å². The first-order valence-corrected chi connectivity index (χ1v) is 9.27. The van der Waals surface area contributed by atoms with Gasteiger partial charge in [0.25, 0.3) is 0 Å². The number of carbonyl (C=O) groups is 1. The van der Waals surface area contributed by atoms with Crippen LogP contribution in [0.4, 0.5) is 10.1 Å². The van der Waals surface area contributed by atoms with Crippen molar-refractivity contribution in [3.63, 3.8) is 0 Å². The van der Waals surface area contributed by atoms with E-state index in [1.54, 1.807) is 17.0 Å². The summed E-state index contributed by atoms with van der Waals surface area (Å²) in [6.45, 7) is 4.98. The van der Waals surface area contributed by atoms with Gasteiger partial charge in [0, 0.05) is 39.4 Å². The van der Waals surface area contributed by atoms with Crippen LogP contribution in [0.5, 0.6) is 0 Å². The SMILES string of the molecule is CC(C)[C@H](NCC(=O)N(C)Cc1ccc(N(C)C)cc1)c1ccc(F)cc1. The molecule has 5 heteroatoms. The molecule has 2 rings (SSSR count). The molecule has 2 aromatic carbocycles. The van der Waals surface area contributed by atoms with Gasteiger partial charge >= 0.3 is 0 Å². The highest BCUT2D eigenvalue weighted by Gasteiger charge is 2.18. The number of hydrogen-bond acceptors (Lipinski definition) is 3. The van der Waals surface area contributed by atoms with Crippen LogP contribution in [0, 0.1) is 11.7 Å².